The van der Waals surface area contributed by atoms with Gasteiger partial charge in [-0.05, 0) is 67.4 Å². The van der Waals surface area contributed by atoms with Crippen molar-refractivity contribution in [1.82, 2.24) is 13.3 Å². The molecule has 3 heterocycles. The Hall–Kier alpha value is -4.11. The Bertz CT molecular complexity index is 1610. The Morgan fingerprint density at radius 3 is 2.69 bits per heavy atom. The summed E-state index contributed by atoms with van der Waals surface area (Å²) in [5.74, 6) is 1.76. The van der Waals surface area contributed by atoms with E-state index in [1.165, 1.54) is 11.7 Å². The molecule has 9 heteroatoms. The van der Waals surface area contributed by atoms with Crippen LogP contribution in [-0.2, 0) is 11.3 Å². The first-order valence-corrected chi connectivity index (χ1v) is 12.5. The number of aromatic nitrogens is 3. The van der Waals surface area contributed by atoms with Crippen LogP contribution in [0.4, 0.5) is 0 Å². The van der Waals surface area contributed by atoms with Crippen molar-refractivity contribution in [3.63, 3.8) is 0 Å². The summed E-state index contributed by atoms with van der Waals surface area (Å²) >= 11 is 1.17. The van der Waals surface area contributed by atoms with Crippen LogP contribution >= 0.6 is 11.7 Å². The Morgan fingerprint density at radius 2 is 1.83 bits per heavy atom. The molecule has 0 fully saturated rings. The highest BCUT2D eigenvalue weighted by Crippen LogP contribution is 2.40. The molecule has 0 bridgehead atoms. The molecule has 36 heavy (non-hydrogen) atoms. The molecule has 5 aromatic rings. The summed E-state index contributed by atoms with van der Waals surface area (Å²) in [5, 5.41) is 0.896. The standard InChI is InChI=1S/C27H23N3O5S/c1-3-32-18-7-9-22-19(13-18)25(17-6-8-20-21(12-17)29-36-28-20)26(27(31)33-4-2)30(22)14-16-5-10-23-24(11-16)35-15-34-23/h5-13H,3-4,14-15H2,1-2H3. The van der Waals surface area contributed by atoms with Crippen molar-refractivity contribution < 1.29 is 23.7 Å². The lowest BCUT2D eigenvalue weighted by molar-refractivity contribution is 0.0516. The summed E-state index contributed by atoms with van der Waals surface area (Å²) in [5.41, 5.74) is 5.58. The largest absolute Gasteiger partial charge is 0.494 e. The van der Waals surface area contributed by atoms with Crippen LogP contribution < -0.4 is 14.2 Å². The molecule has 0 unspecified atom stereocenters. The number of hydrogen-bond acceptors (Lipinski definition) is 8. The van der Waals surface area contributed by atoms with Gasteiger partial charge in [0.2, 0.25) is 6.79 Å². The van der Waals surface area contributed by atoms with E-state index >= 15 is 0 Å². The normalized spacial score (nSPS) is 12.4. The molecular formula is C27H23N3O5S. The van der Waals surface area contributed by atoms with Gasteiger partial charge in [0.15, 0.2) is 11.5 Å². The fourth-order valence-electron chi connectivity index (χ4n) is 4.62. The van der Waals surface area contributed by atoms with Crippen molar-refractivity contribution in [2.45, 2.75) is 20.4 Å². The molecule has 0 amide bonds. The minimum Gasteiger partial charge on any atom is -0.494 e. The van der Waals surface area contributed by atoms with Gasteiger partial charge in [-0.1, -0.05) is 12.1 Å². The third-order valence-corrected chi connectivity index (χ3v) is 6.69. The van der Waals surface area contributed by atoms with E-state index in [1.54, 1.807) is 0 Å². The molecule has 0 spiro atoms. The minimum atomic E-state index is -0.390. The van der Waals surface area contributed by atoms with Gasteiger partial charge in [-0.25, -0.2) is 4.79 Å². The fraction of sp³-hybridized carbons (Fsp3) is 0.222. The lowest BCUT2D eigenvalue weighted by atomic mass is 10.0. The van der Waals surface area contributed by atoms with Crippen LogP contribution in [0.1, 0.15) is 29.9 Å². The average Bonchev–Trinajstić information content (AvgIpc) is 3.61. The fourth-order valence-corrected chi connectivity index (χ4v) is 5.14. The van der Waals surface area contributed by atoms with Gasteiger partial charge in [-0.15, -0.1) is 0 Å². The lowest BCUT2D eigenvalue weighted by Gasteiger charge is -2.12. The maximum atomic E-state index is 13.5. The first-order valence-electron chi connectivity index (χ1n) is 11.7. The van der Waals surface area contributed by atoms with Gasteiger partial charge in [0.25, 0.3) is 0 Å². The number of rotatable bonds is 7. The predicted octanol–water partition coefficient (Wildman–Crippen LogP) is 5.67. The van der Waals surface area contributed by atoms with Crippen LogP contribution in [0.5, 0.6) is 17.2 Å². The molecule has 2 aromatic heterocycles. The van der Waals surface area contributed by atoms with Crippen molar-refractivity contribution in [1.29, 1.82) is 0 Å². The zero-order chi connectivity index (χ0) is 24.6. The monoisotopic (exact) mass is 501 g/mol. The molecule has 182 valence electrons. The topological polar surface area (TPSA) is 84.7 Å². The lowest BCUT2D eigenvalue weighted by Crippen LogP contribution is -2.14. The van der Waals surface area contributed by atoms with Gasteiger partial charge < -0.3 is 23.5 Å². The molecule has 1 aliphatic rings. The first kappa shape index (κ1) is 22.4. The number of ether oxygens (including phenoxy) is 4. The molecule has 0 aliphatic carbocycles. The Kier molecular flexibility index (Phi) is 5.69. The van der Waals surface area contributed by atoms with Crippen molar-refractivity contribution >= 4 is 39.6 Å². The number of carbonyl (C=O) groups is 1. The second kappa shape index (κ2) is 9.16. The second-order valence-corrected chi connectivity index (χ2v) is 8.83. The zero-order valence-corrected chi connectivity index (χ0v) is 20.6. The maximum Gasteiger partial charge on any atom is 0.355 e. The molecule has 3 aromatic carbocycles. The molecule has 1 aliphatic heterocycles. The van der Waals surface area contributed by atoms with Gasteiger partial charge in [-0.3, -0.25) is 0 Å². The Balaban J connectivity index is 1.60. The highest BCUT2D eigenvalue weighted by molar-refractivity contribution is 7.00. The van der Waals surface area contributed by atoms with Crippen molar-refractivity contribution in [2.75, 3.05) is 20.0 Å². The molecule has 8 nitrogen and oxygen atoms in total. The number of nitrogens with zero attached hydrogens (tertiary/aromatic N) is 3. The third-order valence-electron chi connectivity index (χ3n) is 6.13. The number of fused-ring (bicyclic) bond motifs is 3. The Morgan fingerprint density at radius 1 is 0.972 bits per heavy atom. The van der Waals surface area contributed by atoms with E-state index in [-0.39, 0.29) is 19.4 Å². The van der Waals surface area contributed by atoms with Crippen LogP contribution in [0, 0.1) is 0 Å². The van der Waals surface area contributed by atoms with Gasteiger partial charge in [-0.2, -0.15) is 8.75 Å². The second-order valence-electron chi connectivity index (χ2n) is 8.30. The average molecular weight is 502 g/mol. The molecule has 0 N–H and O–H groups in total. The summed E-state index contributed by atoms with van der Waals surface area (Å²) in [6.07, 6.45) is 0. The van der Waals surface area contributed by atoms with Crippen LogP contribution in [0.15, 0.2) is 54.6 Å². The summed E-state index contributed by atoms with van der Waals surface area (Å²) in [4.78, 5) is 13.5. The van der Waals surface area contributed by atoms with E-state index in [9.17, 15) is 4.79 Å². The quantitative estimate of drug-likeness (QED) is 0.266. The Labute approximate surface area is 211 Å². The number of carbonyl (C=O) groups excluding carboxylic acids is 1. The van der Waals surface area contributed by atoms with Crippen molar-refractivity contribution in [3.05, 3.63) is 65.9 Å². The van der Waals surface area contributed by atoms with Gasteiger partial charge >= 0.3 is 5.97 Å². The summed E-state index contributed by atoms with van der Waals surface area (Å²) < 4.78 is 33.1. The number of esters is 1. The first-order chi connectivity index (χ1) is 17.7. The van der Waals surface area contributed by atoms with Gasteiger partial charge in [0.05, 0.1) is 24.9 Å². The van der Waals surface area contributed by atoms with E-state index in [0.29, 0.717) is 30.3 Å². The maximum absolute atomic E-state index is 13.5. The van der Waals surface area contributed by atoms with E-state index in [0.717, 1.165) is 44.4 Å². The smallest absolute Gasteiger partial charge is 0.355 e. The van der Waals surface area contributed by atoms with Crippen LogP contribution in [0.2, 0.25) is 0 Å². The molecule has 0 saturated heterocycles. The van der Waals surface area contributed by atoms with Crippen LogP contribution in [0.25, 0.3) is 33.1 Å². The van der Waals surface area contributed by atoms with E-state index in [4.69, 9.17) is 18.9 Å². The van der Waals surface area contributed by atoms with Gasteiger partial charge in [0, 0.05) is 23.0 Å². The predicted molar refractivity (Wildman–Crippen MR) is 137 cm³/mol. The number of benzene rings is 3. The molecular weight excluding hydrogens is 478 g/mol. The summed E-state index contributed by atoms with van der Waals surface area (Å²) in [6, 6.07) is 17.6. The van der Waals surface area contributed by atoms with E-state index in [1.807, 2.05) is 73.0 Å². The highest BCUT2D eigenvalue weighted by atomic mass is 32.1. The molecule has 6 rings (SSSR count). The van der Waals surface area contributed by atoms with Crippen LogP contribution in [-0.4, -0.2) is 39.3 Å². The zero-order valence-electron chi connectivity index (χ0n) is 19.8. The van der Waals surface area contributed by atoms with E-state index in [2.05, 4.69) is 8.75 Å². The SMILES string of the molecule is CCOC(=O)c1c(-c2ccc3nsnc3c2)c2cc(OCC)ccc2n1Cc1ccc2c(c1)OCO2. The van der Waals surface area contributed by atoms with Crippen molar-refractivity contribution in [2.24, 2.45) is 0 Å². The third kappa shape index (κ3) is 3.81. The van der Waals surface area contributed by atoms with Crippen LogP contribution in [0.3, 0.4) is 0 Å². The van der Waals surface area contributed by atoms with E-state index < -0.39 is 0 Å². The molecule has 0 atom stereocenters. The molecule has 0 saturated carbocycles. The minimum absolute atomic E-state index is 0.206. The summed E-state index contributed by atoms with van der Waals surface area (Å²) in [6.45, 7) is 5.21. The highest BCUT2D eigenvalue weighted by Gasteiger charge is 2.26. The van der Waals surface area contributed by atoms with Crippen molar-refractivity contribution in [3.8, 4) is 28.4 Å². The van der Waals surface area contributed by atoms with Gasteiger partial charge in [0.1, 0.15) is 22.5 Å². The summed E-state index contributed by atoms with van der Waals surface area (Å²) in [7, 11) is 0. The number of hydrogen-bond donors (Lipinski definition) is 0. The molecule has 0 radical (unpaired) electrons.